The standard InChI is InChI=1S/C34H35Cl2N7O4/c1-46-33-19(16-39-26-12-14-28(45)42-26)9-11-24(41-33)21-6-5-7-22(30(21)35)29-23(18-37-17-20-10-13-27(44)40-20)34(47-2)43-32(31(29)36)25-8-3-4-15-38-25/h3-9,11,15,20,26,37,39H,10,12-14,16-18H2,1-2H3,(H,40,44)(H,42,45)/t20-,26-/m0/s1. The number of nitrogens with one attached hydrogen (secondary N) is 4. The molecule has 2 fully saturated rings. The Morgan fingerprint density at radius 1 is 0.830 bits per heavy atom. The minimum Gasteiger partial charge on any atom is -0.481 e. The van der Waals surface area contributed by atoms with Crippen molar-refractivity contribution in [3.8, 4) is 45.5 Å². The van der Waals surface area contributed by atoms with Crippen LogP contribution in [-0.4, -0.2) is 59.7 Å². The van der Waals surface area contributed by atoms with Gasteiger partial charge in [0, 0.05) is 72.5 Å². The molecule has 0 spiro atoms. The molecule has 2 aliphatic heterocycles. The Balaban J connectivity index is 1.38. The molecule has 2 amide bonds. The van der Waals surface area contributed by atoms with Crippen molar-refractivity contribution in [2.45, 2.75) is 51.0 Å². The molecule has 0 unspecified atom stereocenters. The van der Waals surface area contributed by atoms with E-state index in [1.54, 1.807) is 20.4 Å². The van der Waals surface area contributed by atoms with Crippen LogP contribution in [0, 0.1) is 0 Å². The van der Waals surface area contributed by atoms with Gasteiger partial charge in [-0.25, -0.2) is 9.97 Å². The molecule has 47 heavy (non-hydrogen) atoms. The van der Waals surface area contributed by atoms with Gasteiger partial charge in [-0.15, -0.1) is 0 Å². The predicted octanol–water partition coefficient (Wildman–Crippen LogP) is 4.89. The number of aromatic nitrogens is 3. The molecule has 244 valence electrons. The van der Waals surface area contributed by atoms with Gasteiger partial charge in [0.05, 0.1) is 41.8 Å². The Morgan fingerprint density at radius 3 is 2.32 bits per heavy atom. The van der Waals surface area contributed by atoms with Crippen LogP contribution in [-0.2, 0) is 22.7 Å². The summed E-state index contributed by atoms with van der Waals surface area (Å²) >= 11 is 14.4. The molecule has 4 N–H and O–H groups in total. The van der Waals surface area contributed by atoms with E-state index in [4.69, 9.17) is 42.6 Å². The highest BCUT2D eigenvalue weighted by Gasteiger charge is 2.26. The van der Waals surface area contributed by atoms with Gasteiger partial charge in [-0.2, -0.15) is 0 Å². The summed E-state index contributed by atoms with van der Waals surface area (Å²) in [6.45, 7) is 1.40. The second-order valence-electron chi connectivity index (χ2n) is 11.4. The summed E-state index contributed by atoms with van der Waals surface area (Å²) in [4.78, 5) is 37.4. The molecule has 2 saturated heterocycles. The summed E-state index contributed by atoms with van der Waals surface area (Å²) in [5.74, 6) is 0.924. The quantitative estimate of drug-likeness (QED) is 0.165. The van der Waals surface area contributed by atoms with Crippen LogP contribution in [0.2, 0.25) is 10.0 Å². The van der Waals surface area contributed by atoms with E-state index in [1.165, 1.54) is 0 Å². The lowest BCUT2D eigenvalue weighted by molar-refractivity contribution is -0.120. The summed E-state index contributed by atoms with van der Waals surface area (Å²) in [7, 11) is 3.14. The number of rotatable bonds is 12. The van der Waals surface area contributed by atoms with Gasteiger partial charge in [-0.05, 0) is 31.0 Å². The van der Waals surface area contributed by atoms with Gasteiger partial charge in [-0.1, -0.05) is 53.5 Å². The number of benzene rings is 1. The molecule has 0 saturated carbocycles. The van der Waals surface area contributed by atoms with Crippen LogP contribution in [0.5, 0.6) is 11.8 Å². The normalized spacial score (nSPS) is 17.4. The number of halogens is 2. The van der Waals surface area contributed by atoms with E-state index in [2.05, 4.69) is 26.3 Å². The number of hydrogen-bond donors (Lipinski definition) is 4. The van der Waals surface area contributed by atoms with Gasteiger partial charge < -0.3 is 25.4 Å². The fraction of sp³-hybridized carbons (Fsp3) is 0.324. The third kappa shape index (κ3) is 7.18. The summed E-state index contributed by atoms with van der Waals surface area (Å²) in [6.07, 6.45) is 4.12. The van der Waals surface area contributed by atoms with Crippen LogP contribution in [0.1, 0.15) is 36.8 Å². The number of ether oxygens (including phenoxy) is 2. The molecule has 0 aliphatic carbocycles. The first-order chi connectivity index (χ1) is 22.9. The largest absolute Gasteiger partial charge is 0.481 e. The lowest BCUT2D eigenvalue weighted by Gasteiger charge is -2.21. The topological polar surface area (TPSA) is 139 Å². The minimum atomic E-state index is -0.0864. The highest BCUT2D eigenvalue weighted by atomic mass is 35.5. The van der Waals surface area contributed by atoms with Gasteiger partial charge in [0.2, 0.25) is 23.6 Å². The summed E-state index contributed by atoms with van der Waals surface area (Å²) in [6, 6.07) is 15.1. The molecular weight excluding hydrogens is 641 g/mol. The second-order valence-corrected chi connectivity index (χ2v) is 12.1. The molecule has 4 aromatic rings. The van der Waals surface area contributed by atoms with Gasteiger partial charge >= 0.3 is 0 Å². The Morgan fingerprint density at radius 2 is 1.62 bits per heavy atom. The maximum absolute atomic E-state index is 11.7. The molecule has 5 heterocycles. The molecule has 11 nitrogen and oxygen atoms in total. The third-order valence-corrected chi connectivity index (χ3v) is 9.06. The highest BCUT2D eigenvalue weighted by Crippen LogP contribution is 2.45. The SMILES string of the molecule is COc1nc(-c2cccc(-c3c(Cl)c(-c4ccccn4)nc(OC)c3CNC[C@@H]3CCC(=O)N3)c2Cl)ccc1CN[C@@H]1CCC(=O)N1. The zero-order valence-electron chi connectivity index (χ0n) is 26.0. The maximum Gasteiger partial charge on any atom is 0.221 e. The number of methoxy groups -OCH3 is 2. The van der Waals surface area contributed by atoms with Crippen LogP contribution < -0.4 is 30.7 Å². The smallest absolute Gasteiger partial charge is 0.221 e. The van der Waals surface area contributed by atoms with E-state index in [0.717, 1.165) is 18.4 Å². The van der Waals surface area contributed by atoms with Crippen LogP contribution in [0.15, 0.2) is 54.7 Å². The molecule has 2 atom stereocenters. The van der Waals surface area contributed by atoms with Crippen molar-refractivity contribution in [1.29, 1.82) is 0 Å². The maximum atomic E-state index is 11.7. The molecule has 2 aliphatic rings. The first-order valence-electron chi connectivity index (χ1n) is 15.4. The van der Waals surface area contributed by atoms with Crippen molar-refractivity contribution in [2.75, 3.05) is 20.8 Å². The Bertz CT molecular complexity index is 1790. The summed E-state index contributed by atoms with van der Waals surface area (Å²) in [5, 5.41) is 13.5. The lowest BCUT2D eigenvalue weighted by atomic mass is 9.96. The van der Waals surface area contributed by atoms with Crippen molar-refractivity contribution in [2.24, 2.45) is 0 Å². The van der Waals surface area contributed by atoms with Gasteiger partial charge in [-0.3, -0.25) is 19.9 Å². The number of carbonyl (C=O) groups excluding carboxylic acids is 2. The van der Waals surface area contributed by atoms with E-state index in [9.17, 15) is 9.59 Å². The summed E-state index contributed by atoms with van der Waals surface area (Å²) < 4.78 is 11.5. The van der Waals surface area contributed by atoms with Gasteiger partial charge in [0.15, 0.2) is 0 Å². The molecule has 1 aromatic carbocycles. The van der Waals surface area contributed by atoms with Crippen LogP contribution in [0.4, 0.5) is 0 Å². The van der Waals surface area contributed by atoms with Crippen molar-refractivity contribution in [3.63, 3.8) is 0 Å². The zero-order chi connectivity index (χ0) is 32.9. The Hall–Kier alpha value is -4.29. The van der Waals surface area contributed by atoms with Crippen molar-refractivity contribution < 1.29 is 19.1 Å². The van der Waals surface area contributed by atoms with Crippen molar-refractivity contribution in [3.05, 3.63) is 75.9 Å². The van der Waals surface area contributed by atoms with E-state index in [-0.39, 0.29) is 24.0 Å². The number of amides is 2. The first kappa shape index (κ1) is 32.6. The number of nitrogens with zero attached hydrogens (tertiary/aromatic N) is 3. The van der Waals surface area contributed by atoms with Crippen molar-refractivity contribution >= 4 is 35.0 Å². The average molecular weight is 677 g/mol. The molecule has 0 radical (unpaired) electrons. The van der Waals surface area contributed by atoms with E-state index in [1.807, 2.05) is 48.5 Å². The molecule has 3 aromatic heterocycles. The number of carbonyl (C=O) groups is 2. The Labute approximate surface area is 282 Å². The van der Waals surface area contributed by atoms with Crippen LogP contribution in [0.25, 0.3) is 33.8 Å². The minimum absolute atomic E-state index is 0.0382. The van der Waals surface area contributed by atoms with Crippen molar-refractivity contribution in [1.82, 2.24) is 36.2 Å². The van der Waals surface area contributed by atoms with Gasteiger partial charge in [0.1, 0.15) is 5.69 Å². The fourth-order valence-corrected chi connectivity index (χ4v) is 6.59. The zero-order valence-corrected chi connectivity index (χ0v) is 27.5. The second kappa shape index (κ2) is 14.6. The molecule has 6 rings (SSSR count). The van der Waals surface area contributed by atoms with Gasteiger partial charge in [0.25, 0.3) is 0 Å². The molecule has 13 heteroatoms. The number of pyridine rings is 3. The van der Waals surface area contributed by atoms with E-state index < -0.39 is 0 Å². The lowest BCUT2D eigenvalue weighted by Crippen LogP contribution is -2.38. The number of hydrogen-bond acceptors (Lipinski definition) is 9. The molecule has 0 bridgehead atoms. The van der Waals surface area contributed by atoms with E-state index >= 15 is 0 Å². The first-order valence-corrected chi connectivity index (χ1v) is 16.2. The highest BCUT2D eigenvalue weighted by molar-refractivity contribution is 6.39. The summed E-state index contributed by atoms with van der Waals surface area (Å²) in [5.41, 5.74) is 5.23. The van der Waals surface area contributed by atoms with Crippen LogP contribution >= 0.6 is 23.2 Å². The Kier molecular flexibility index (Phi) is 10.2. The fourth-order valence-electron chi connectivity index (χ4n) is 5.92. The van der Waals surface area contributed by atoms with E-state index in [0.29, 0.717) is 93.6 Å². The monoisotopic (exact) mass is 675 g/mol. The third-order valence-electron chi connectivity index (χ3n) is 8.29. The molecular formula is C34H35Cl2N7O4. The predicted molar refractivity (Wildman–Crippen MR) is 180 cm³/mol. The average Bonchev–Trinajstić information content (AvgIpc) is 3.71. The van der Waals surface area contributed by atoms with Crippen LogP contribution in [0.3, 0.4) is 0 Å².